The SMILES string of the molecule is CCOC(=O)[C@@H](C)Oc1c(I)cc(C=Nn2c(C)nc3ccc(Br)cc3c2=O)cc1OC. The zero-order valence-corrected chi connectivity index (χ0v) is 21.6. The first-order valence-electron chi connectivity index (χ1n) is 9.69. The summed E-state index contributed by atoms with van der Waals surface area (Å²) in [6, 6.07) is 8.86. The van der Waals surface area contributed by atoms with Gasteiger partial charge in [0.15, 0.2) is 17.6 Å². The van der Waals surface area contributed by atoms with E-state index in [-0.39, 0.29) is 12.2 Å². The van der Waals surface area contributed by atoms with Crippen LogP contribution in [0.2, 0.25) is 0 Å². The van der Waals surface area contributed by atoms with Crippen LogP contribution in [-0.4, -0.2) is 41.7 Å². The van der Waals surface area contributed by atoms with Gasteiger partial charge < -0.3 is 14.2 Å². The molecule has 2 aromatic carbocycles. The van der Waals surface area contributed by atoms with Crippen molar-refractivity contribution in [2.24, 2.45) is 5.10 Å². The average molecular weight is 614 g/mol. The fraction of sp³-hybridized carbons (Fsp3) is 0.273. The van der Waals surface area contributed by atoms with Crippen LogP contribution in [0.15, 0.2) is 44.7 Å². The lowest BCUT2D eigenvalue weighted by atomic mass is 10.2. The highest BCUT2D eigenvalue weighted by Gasteiger charge is 2.20. The molecule has 3 aromatic rings. The molecule has 32 heavy (non-hydrogen) atoms. The van der Waals surface area contributed by atoms with Crippen LogP contribution in [0.4, 0.5) is 0 Å². The molecule has 0 aliphatic carbocycles. The maximum Gasteiger partial charge on any atom is 0.347 e. The van der Waals surface area contributed by atoms with Gasteiger partial charge in [-0.05, 0) is 79.3 Å². The quantitative estimate of drug-likeness (QED) is 0.224. The number of halogens is 2. The van der Waals surface area contributed by atoms with Gasteiger partial charge in [-0.3, -0.25) is 4.79 Å². The third kappa shape index (κ3) is 5.29. The highest BCUT2D eigenvalue weighted by molar-refractivity contribution is 14.1. The first-order chi connectivity index (χ1) is 15.2. The minimum absolute atomic E-state index is 0.269. The number of esters is 1. The Kier molecular flexibility index (Phi) is 7.88. The number of ether oxygens (including phenoxy) is 3. The topological polar surface area (TPSA) is 92.0 Å². The monoisotopic (exact) mass is 613 g/mol. The highest BCUT2D eigenvalue weighted by atomic mass is 127. The van der Waals surface area contributed by atoms with Crippen LogP contribution >= 0.6 is 38.5 Å². The Morgan fingerprint density at radius 1 is 1.34 bits per heavy atom. The van der Waals surface area contributed by atoms with Crippen molar-refractivity contribution in [2.45, 2.75) is 26.9 Å². The summed E-state index contributed by atoms with van der Waals surface area (Å²) in [5.41, 5.74) is 1.02. The van der Waals surface area contributed by atoms with Crippen molar-refractivity contribution in [1.29, 1.82) is 0 Å². The van der Waals surface area contributed by atoms with Gasteiger partial charge in [0.05, 0.1) is 34.4 Å². The first-order valence-corrected chi connectivity index (χ1v) is 11.6. The number of nitrogens with zero attached hydrogens (tertiary/aromatic N) is 3. The van der Waals surface area contributed by atoms with E-state index < -0.39 is 12.1 Å². The Labute approximate surface area is 206 Å². The van der Waals surface area contributed by atoms with Crippen LogP contribution in [0.5, 0.6) is 11.5 Å². The van der Waals surface area contributed by atoms with E-state index in [0.29, 0.717) is 37.4 Å². The molecule has 8 nitrogen and oxygen atoms in total. The van der Waals surface area contributed by atoms with Gasteiger partial charge in [0.2, 0.25) is 0 Å². The maximum atomic E-state index is 12.9. The molecule has 3 rings (SSSR count). The van der Waals surface area contributed by atoms with Crippen molar-refractivity contribution in [2.75, 3.05) is 13.7 Å². The molecule has 0 bridgehead atoms. The van der Waals surface area contributed by atoms with E-state index in [2.05, 4.69) is 48.6 Å². The number of rotatable bonds is 7. The predicted octanol–water partition coefficient (Wildman–Crippen LogP) is 4.29. The van der Waals surface area contributed by atoms with Gasteiger partial charge in [0, 0.05) is 4.47 Å². The van der Waals surface area contributed by atoms with Crippen molar-refractivity contribution >= 4 is 61.6 Å². The third-order valence-corrected chi connectivity index (χ3v) is 5.75. The molecule has 1 aromatic heterocycles. The normalized spacial score (nSPS) is 12.2. The lowest BCUT2D eigenvalue weighted by molar-refractivity contribution is -0.150. The van der Waals surface area contributed by atoms with E-state index in [9.17, 15) is 9.59 Å². The van der Waals surface area contributed by atoms with Gasteiger partial charge in [-0.1, -0.05) is 15.9 Å². The van der Waals surface area contributed by atoms with Gasteiger partial charge in [-0.25, -0.2) is 9.78 Å². The summed E-state index contributed by atoms with van der Waals surface area (Å²) >= 11 is 5.47. The predicted molar refractivity (Wildman–Crippen MR) is 134 cm³/mol. The van der Waals surface area contributed by atoms with Crippen LogP contribution in [0.25, 0.3) is 10.9 Å². The zero-order chi connectivity index (χ0) is 23.4. The molecule has 0 saturated heterocycles. The van der Waals surface area contributed by atoms with E-state index in [4.69, 9.17) is 14.2 Å². The maximum absolute atomic E-state index is 12.9. The van der Waals surface area contributed by atoms with Crippen molar-refractivity contribution < 1.29 is 19.0 Å². The molecule has 1 atom stereocenters. The summed E-state index contributed by atoms with van der Waals surface area (Å²) in [6.45, 7) is 5.34. The number of methoxy groups -OCH3 is 1. The van der Waals surface area contributed by atoms with Crippen molar-refractivity contribution in [3.05, 3.63) is 60.1 Å². The van der Waals surface area contributed by atoms with Crippen LogP contribution < -0.4 is 15.0 Å². The standard InChI is InChI=1S/C22H21BrIN3O5/c1-5-31-22(29)12(2)32-20-17(24)8-14(9-19(20)30-4)11-25-27-13(3)26-18-7-6-15(23)10-16(18)21(27)28/h6-12H,5H2,1-4H3/t12-/m1/s1. The molecule has 0 fully saturated rings. The van der Waals surface area contributed by atoms with Gasteiger partial charge in [-0.15, -0.1) is 0 Å². The number of aromatic nitrogens is 2. The molecule has 0 aliphatic heterocycles. The first kappa shape index (κ1) is 24.2. The Morgan fingerprint density at radius 2 is 2.09 bits per heavy atom. The number of fused-ring (bicyclic) bond motifs is 1. The number of carbonyl (C=O) groups is 1. The second kappa shape index (κ2) is 10.4. The van der Waals surface area contributed by atoms with Crippen LogP contribution in [-0.2, 0) is 9.53 Å². The van der Waals surface area contributed by atoms with Crippen LogP contribution in [0.3, 0.4) is 0 Å². The summed E-state index contributed by atoms with van der Waals surface area (Å²) in [4.78, 5) is 29.3. The highest BCUT2D eigenvalue weighted by Crippen LogP contribution is 2.34. The lowest BCUT2D eigenvalue weighted by Crippen LogP contribution is -2.26. The summed E-state index contributed by atoms with van der Waals surface area (Å²) < 4.78 is 19.0. The number of carbonyl (C=O) groups excluding carboxylic acids is 1. The minimum atomic E-state index is -0.791. The van der Waals surface area contributed by atoms with Crippen molar-refractivity contribution in [3.63, 3.8) is 0 Å². The second-order valence-corrected chi connectivity index (χ2v) is 8.81. The fourth-order valence-electron chi connectivity index (χ4n) is 2.93. The van der Waals surface area contributed by atoms with Gasteiger partial charge in [-0.2, -0.15) is 9.78 Å². The Bertz CT molecular complexity index is 1260. The second-order valence-electron chi connectivity index (χ2n) is 6.73. The van der Waals surface area contributed by atoms with Gasteiger partial charge >= 0.3 is 5.97 Å². The minimum Gasteiger partial charge on any atom is -0.493 e. The molecule has 0 unspecified atom stereocenters. The molecule has 0 spiro atoms. The van der Waals surface area contributed by atoms with Crippen LogP contribution in [0.1, 0.15) is 25.2 Å². The van der Waals surface area contributed by atoms with Crippen molar-refractivity contribution in [3.8, 4) is 11.5 Å². The molecule has 0 amide bonds. The van der Waals surface area contributed by atoms with E-state index >= 15 is 0 Å². The summed E-state index contributed by atoms with van der Waals surface area (Å²) in [5, 5.41) is 4.81. The smallest absolute Gasteiger partial charge is 0.347 e. The van der Waals surface area contributed by atoms with E-state index in [1.165, 1.54) is 11.8 Å². The molecule has 1 heterocycles. The molecule has 0 N–H and O–H groups in total. The Morgan fingerprint density at radius 3 is 2.78 bits per heavy atom. The summed E-state index contributed by atoms with van der Waals surface area (Å²) in [5.74, 6) is 0.864. The molecule has 0 saturated carbocycles. The summed E-state index contributed by atoms with van der Waals surface area (Å²) in [6.07, 6.45) is 0.754. The zero-order valence-electron chi connectivity index (χ0n) is 17.9. The number of hydrogen-bond acceptors (Lipinski definition) is 7. The molecule has 0 aliphatic rings. The fourth-order valence-corrected chi connectivity index (χ4v) is 4.05. The van der Waals surface area contributed by atoms with Gasteiger partial charge in [0.25, 0.3) is 5.56 Å². The Balaban J connectivity index is 1.95. The van der Waals surface area contributed by atoms with Crippen LogP contribution in [0, 0.1) is 10.5 Å². The lowest BCUT2D eigenvalue weighted by Gasteiger charge is -2.17. The molecule has 0 radical (unpaired) electrons. The molecular formula is C22H21BrIN3O5. The summed E-state index contributed by atoms with van der Waals surface area (Å²) in [7, 11) is 1.51. The van der Waals surface area contributed by atoms with E-state index in [1.54, 1.807) is 45.2 Å². The average Bonchev–Trinajstić information content (AvgIpc) is 2.75. The van der Waals surface area contributed by atoms with E-state index in [1.807, 2.05) is 12.1 Å². The third-order valence-electron chi connectivity index (χ3n) is 4.46. The van der Waals surface area contributed by atoms with Crippen molar-refractivity contribution in [1.82, 2.24) is 9.66 Å². The Hall–Kier alpha value is -2.47. The largest absolute Gasteiger partial charge is 0.493 e. The van der Waals surface area contributed by atoms with E-state index in [0.717, 1.165) is 4.47 Å². The molecular weight excluding hydrogens is 593 g/mol. The number of aryl methyl sites for hydroxylation is 1. The van der Waals surface area contributed by atoms with Gasteiger partial charge in [0.1, 0.15) is 5.82 Å². The molecule has 168 valence electrons. The number of benzene rings is 2. The molecule has 10 heteroatoms. The number of hydrogen-bond donors (Lipinski definition) is 0.